The van der Waals surface area contributed by atoms with E-state index in [1.165, 1.54) is 4.90 Å². The first kappa shape index (κ1) is 12.3. The van der Waals surface area contributed by atoms with E-state index in [-0.39, 0.29) is 17.4 Å². The van der Waals surface area contributed by atoms with Crippen LogP contribution in [0.25, 0.3) is 0 Å². The molecule has 0 saturated heterocycles. The van der Waals surface area contributed by atoms with Crippen LogP contribution in [0.3, 0.4) is 0 Å². The van der Waals surface area contributed by atoms with Crippen molar-refractivity contribution in [1.82, 2.24) is 4.90 Å². The molecular weight excluding hydrogens is 202 g/mol. The molecule has 1 fully saturated rings. The summed E-state index contributed by atoms with van der Waals surface area (Å²) in [6.45, 7) is 0. The van der Waals surface area contributed by atoms with Crippen LogP contribution >= 0.6 is 0 Å². The number of hydrogen-bond donors (Lipinski definition) is 0. The Morgan fingerprint density at radius 3 is 2.44 bits per heavy atom. The van der Waals surface area contributed by atoms with Gasteiger partial charge in [-0.25, -0.2) is 0 Å². The second-order valence-corrected chi connectivity index (χ2v) is 4.15. The average molecular weight is 217 g/mol. The maximum absolute atomic E-state index is 11.9. The molecule has 4 nitrogen and oxygen atoms in total. The van der Waals surface area contributed by atoms with Gasteiger partial charge in [0.05, 0.1) is 5.92 Å². The van der Waals surface area contributed by atoms with Crippen LogP contribution in [-0.4, -0.2) is 24.9 Å². The molecule has 0 N–H and O–H groups in total. The van der Waals surface area contributed by atoms with Crippen LogP contribution in [-0.2, 0) is 4.79 Å². The predicted octanol–water partition coefficient (Wildman–Crippen LogP) is 1.61. The lowest BCUT2D eigenvalue weighted by Crippen LogP contribution is -2.32. The number of nitriles is 2. The van der Waals surface area contributed by atoms with Gasteiger partial charge < -0.3 is 4.90 Å². The third-order valence-corrected chi connectivity index (χ3v) is 2.89. The average Bonchev–Trinajstić information content (AvgIpc) is 2.30. The van der Waals surface area contributed by atoms with Gasteiger partial charge in [-0.3, -0.25) is 4.79 Å². The lowest BCUT2D eigenvalue weighted by atomic mass is 9.81. The van der Waals surface area contributed by atoms with Crippen LogP contribution in [0.15, 0.2) is 11.1 Å². The summed E-state index contributed by atoms with van der Waals surface area (Å²) in [5.41, 5.74) is 0.856. The van der Waals surface area contributed by atoms with E-state index in [2.05, 4.69) is 0 Å². The molecule has 0 heterocycles. The molecule has 0 spiro atoms. The number of nitrogens with zero attached hydrogens (tertiary/aromatic N) is 3. The maximum Gasteiger partial charge on any atom is 0.229 e. The fourth-order valence-electron chi connectivity index (χ4n) is 2.06. The molecular formula is C12H15N3O. The van der Waals surface area contributed by atoms with Crippen molar-refractivity contribution in [3.05, 3.63) is 11.1 Å². The first-order valence-electron chi connectivity index (χ1n) is 5.36. The van der Waals surface area contributed by atoms with E-state index in [4.69, 9.17) is 10.5 Å². The molecule has 84 valence electrons. The third-order valence-electron chi connectivity index (χ3n) is 2.89. The van der Waals surface area contributed by atoms with Gasteiger partial charge in [0.2, 0.25) is 5.91 Å². The Kier molecular flexibility index (Phi) is 4.08. The Bertz CT molecular complexity index is 379. The summed E-state index contributed by atoms with van der Waals surface area (Å²) in [6, 6.07) is 3.79. The summed E-state index contributed by atoms with van der Waals surface area (Å²) in [6.07, 6.45) is 3.39. The van der Waals surface area contributed by atoms with Crippen molar-refractivity contribution in [2.45, 2.75) is 25.7 Å². The molecule has 4 heteroatoms. The third kappa shape index (κ3) is 2.41. The van der Waals surface area contributed by atoms with Crippen LogP contribution in [0.2, 0.25) is 0 Å². The van der Waals surface area contributed by atoms with E-state index in [1.54, 1.807) is 14.1 Å². The lowest BCUT2D eigenvalue weighted by Gasteiger charge is -2.26. The van der Waals surface area contributed by atoms with Gasteiger partial charge in [0.1, 0.15) is 17.7 Å². The van der Waals surface area contributed by atoms with E-state index in [0.717, 1.165) is 24.8 Å². The van der Waals surface area contributed by atoms with Crippen LogP contribution in [0.5, 0.6) is 0 Å². The van der Waals surface area contributed by atoms with Crippen LogP contribution in [0, 0.1) is 28.6 Å². The van der Waals surface area contributed by atoms with E-state index in [1.807, 2.05) is 12.1 Å². The van der Waals surface area contributed by atoms with Crippen molar-refractivity contribution in [2.75, 3.05) is 14.1 Å². The van der Waals surface area contributed by atoms with Crippen molar-refractivity contribution >= 4 is 5.91 Å². The molecule has 0 aromatic carbocycles. The second-order valence-electron chi connectivity index (χ2n) is 4.15. The molecule has 1 aliphatic carbocycles. The lowest BCUT2D eigenvalue weighted by molar-refractivity contribution is -0.132. The number of rotatable bonds is 1. The van der Waals surface area contributed by atoms with Gasteiger partial charge >= 0.3 is 0 Å². The summed E-state index contributed by atoms with van der Waals surface area (Å²) < 4.78 is 0. The van der Waals surface area contributed by atoms with Gasteiger partial charge in [0.25, 0.3) is 0 Å². The molecule has 1 rings (SSSR count). The van der Waals surface area contributed by atoms with Crippen LogP contribution in [0.1, 0.15) is 25.7 Å². The van der Waals surface area contributed by atoms with Gasteiger partial charge in [-0.05, 0) is 24.8 Å². The van der Waals surface area contributed by atoms with Crippen LogP contribution < -0.4 is 0 Å². The standard InChI is InChI=1S/C12H15N3O/c1-15(2)12(16)11-6-4-3-5-10(11)9(7-13)8-14/h11H,3-6H2,1-2H3. The monoisotopic (exact) mass is 217 g/mol. The fraction of sp³-hybridized carbons (Fsp3) is 0.583. The second kappa shape index (κ2) is 5.32. The number of hydrogen-bond acceptors (Lipinski definition) is 3. The number of amides is 1. The SMILES string of the molecule is CN(C)C(=O)C1CCCCC1=C(C#N)C#N. The summed E-state index contributed by atoms with van der Waals surface area (Å²) in [5, 5.41) is 17.7. The van der Waals surface area contributed by atoms with Gasteiger partial charge in [0, 0.05) is 14.1 Å². The van der Waals surface area contributed by atoms with Crippen molar-refractivity contribution in [3.63, 3.8) is 0 Å². The summed E-state index contributed by atoms with van der Waals surface area (Å²) >= 11 is 0. The highest BCUT2D eigenvalue weighted by molar-refractivity contribution is 5.82. The molecule has 0 radical (unpaired) electrons. The van der Waals surface area contributed by atoms with E-state index in [0.29, 0.717) is 6.42 Å². The maximum atomic E-state index is 11.9. The highest BCUT2D eigenvalue weighted by Crippen LogP contribution is 2.32. The molecule has 0 aliphatic heterocycles. The molecule has 1 unspecified atom stereocenters. The highest BCUT2D eigenvalue weighted by Gasteiger charge is 2.29. The Labute approximate surface area is 95.8 Å². The van der Waals surface area contributed by atoms with E-state index in [9.17, 15) is 4.79 Å². The van der Waals surface area contributed by atoms with Gasteiger partial charge in [0.15, 0.2) is 0 Å². The fourth-order valence-corrected chi connectivity index (χ4v) is 2.06. The zero-order chi connectivity index (χ0) is 12.1. The minimum absolute atomic E-state index is 0.00213. The Balaban J connectivity index is 3.07. The number of allylic oxidation sites excluding steroid dienone is 1. The van der Waals surface area contributed by atoms with Gasteiger partial charge in [-0.1, -0.05) is 6.42 Å². The first-order chi connectivity index (χ1) is 7.61. The first-order valence-corrected chi connectivity index (χ1v) is 5.36. The van der Waals surface area contributed by atoms with Crippen molar-refractivity contribution in [2.24, 2.45) is 5.92 Å². The van der Waals surface area contributed by atoms with Crippen LogP contribution in [0.4, 0.5) is 0 Å². The minimum atomic E-state index is -0.266. The Morgan fingerprint density at radius 1 is 1.31 bits per heavy atom. The largest absolute Gasteiger partial charge is 0.348 e. The summed E-state index contributed by atoms with van der Waals surface area (Å²) in [4.78, 5) is 13.4. The Hall–Kier alpha value is -1.81. The van der Waals surface area contributed by atoms with Crippen molar-refractivity contribution in [3.8, 4) is 12.1 Å². The smallest absolute Gasteiger partial charge is 0.229 e. The molecule has 0 aromatic heterocycles. The Morgan fingerprint density at radius 2 is 1.94 bits per heavy atom. The minimum Gasteiger partial charge on any atom is -0.348 e. The zero-order valence-corrected chi connectivity index (χ0v) is 9.66. The molecule has 16 heavy (non-hydrogen) atoms. The number of carbonyl (C=O) groups is 1. The summed E-state index contributed by atoms with van der Waals surface area (Å²) in [7, 11) is 3.40. The molecule has 1 aliphatic rings. The normalized spacial score (nSPS) is 19.5. The highest BCUT2D eigenvalue weighted by atomic mass is 16.2. The summed E-state index contributed by atoms with van der Waals surface area (Å²) in [5.74, 6) is -0.268. The van der Waals surface area contributed by atoms with E-state index < -0.39 is 0 Å². The molecule has 0 aromatic rings. The molecule has 1 saturated carbocycles. The number of carbonyl (C=O) groups excluding carboxylic acids is 1. The quantitative estimate of drug-likeness (QED) is 0.626. The molecule has 0 bridgehead atoms. The molecule has 1 atom stereocenters. The van der Waals surface area contributed by atoms with Gasteiger partial charge in [-0.15, -0.1) is 0 Å². The van der Waals surface area contributed by atoms with Crippen molar-refractivity contribution < 1.29 is 4.79 Å². The van der Waals surface area contributed by atoms with Gasteiger partial charge in [-0.2, -0.15) is 10.5 Å². The van der Waals surface area contributed by atoms with E-state index >= 15 is 0 Å². The zero-order valence-electron chi connectivity index (χ0n) is 9.66. The van der Waals surface area contributed by atoms with Crippen molar-refractivity contribution in [1.29, 1.82) is 10.5 Å². The predicted molar refractivity (Wildman–Crippen MR) is 58.9 cm³/mol. The molecule has 1 amide bonds. The topological polar surface area (TPSA) is 67.9 Å².